The van der Waals surface area contributed by atoms with Gasteiger partial charge in [0.05, 0.1) is 16.5 Å². The Labute approximate surface area is 129 Å². The van der Waals surface area contributed by atoms with Crippen LogP contribution < -0.4 is 10.6 Å². The molecule has 3 rings (SSSR count). The number of para-hydroxylation sites is 1. The van der Waals surface area contributed by atoms with Gasteiger partial charge in [-0.25, -0.2) is 9.97 Å². The fourth-order valence-corrected chi connectivity index (χ4v) is 2.89. The van der Waals surface area contributed by atoms with Gasteiger partial charge in [0.1, 0.15) is 12.1 Å². The van der Waals surface area contributed by atoms with Gasteiger partial charge in [-0.2, -0.15) is 0 Å². The molecule has 1 aliphatic heterocycles. The van der Waals surface area contributed by atoms with Crippen LogP contribution in [0.15, 0.2) is 30.6 Å². The van der Waals surface area contributed by atoms with Crippen LogP contribution in [0.4, 0.5) is 5.82 Å². The van der Waals surface area contributed by atoms with E-state index in [1.165, 1.54) is 0 Å². The van der Waals surface area contributed by atoms with Crippen molar-refractivity contribution in [2.45, 2.75) is 13.0 Å². The molecule has 21 heavy (non-hydrogen) atoms. The van der Waals surface area contributed by atoms with Gasteiger partial charge in [0, 0.05) is 31.6 Å². The van der Waals surface area contributed by atoms with Crippen molar-refractivity contribution >= 4 is 33.9 Å². The number of rotatable bonds is 3. The number of anilines is 1. The Morgan fingerprint density at radius 2 is 1.90 bits per heavy atom. The lowest BCUT2D eigenvalue weighted by Crippen LogP contribution is -2.53. The van der Waals surface area contributed by atoms with Crippen LogP contribution in [-0.2, 0) is 0 Å². The summed E-state index contributed by atoms with van der Waals surface area (Å²) in [4.78, 5) is 14.0. The highest BCUT2D eigenvalue weighted by atomic mass is 32.1. The molecule has 2 aromatic rings. The summed E-state index contributed by atoms with van der Waals surface area (Å²) in [7, 11) is 0. The Bertz CT molecular complexity index is 646. The second kappa shape index (κ2) is 5.91. The van der Waals surface area contributed by atoms with Crippen molar-refractivity contribution in [2.24, 2.45) is 5.73 Å². The van der Waals surface area contributed by atoms with Gasteiger partial charge in [0.25, 0.3) is 0 Å². The summed E-state index contributed by atoms with van der Waals surface area (Å²) in [6.07, 6.45) is 1.64. The third-order valence-corrected chi connectivity index (χ3v) is 4.44. The maximum atomic E-state index is 5.74. The molecule has 110 valence electrons. The number of thiocarbonyl (C=S) groups is 1. The minimum absolute atomic E-state index is 0.157. The average Bonchev–Trinajstić information content (AvgIpc) is 2.53. The number of aromatic nitrogens is 2. The second-order valence-electron chi connectivity index (χ2n) is 5.32. The number of nitrogens with two attached hydrogens (primary N) is 1. The van der Waals surface area contributed by atoms with Gasteiger partial charge in [-0.3, -0.25) is 4.90 Å². The van der Waals surface area contributed by atoms with Crippen LogP contribution in [0.3, 0.4) is 0 Å². The van der Waals surface area contributed by atoms with E-state index in [1.807, 2.05) is 18.2 Å². The number of hydrogen-bond donors (Lipinski definition) is 1. The normalized spacial score (nSPS) is 17.9. The summed E-state index contributed by atoms with van der Waals surface area (Å²) in [5.74, 6) is 1.02. The van der Waals surface area contributed by atoms with Crippen molar-refractivity contribution in [3.63, 3.8) is 0 Å². The van der Waals surface area contributed by atoms with Crippen LogP contribution in [0.5, 0.6) is 0 Å². The summed E-state index contributed by atoms with van der Waals surface area (Å²) in [6, 6.07) is 8.28. The molecular formula is C15H19N5S. The topological polar surface area (TPSA) is 58.3 Å². The van der Waals surface area contributed by atoms with Crippen molar-refractivity contribution in [2.75, 3.05) is 31.1 Å². The first-order valence-corrected chi connectivity index (χ1v) is 7.55. The lowest BCUT2D eigenvalue weighted by Gasteiger charge is -2.38. The summed E-state index contributed by atoms with van der Waals surface area (Å²) >= 11 is 5.09. The van der Waals surface area contributed by atoms with Crippen molar-refractivity contribution in [1.82, 2.24) is 14.9 Å². The number of nitrogens with zero attached hydrogens (tertiary/aromatic N) is 4. The molecule has 1 fully saturated rings. The van der Waals surface area contributed by atoms with E-state index in [0.29, 0.717) is 4.99 Å². The Kier molecular flexibility index (Phi) is 3.98. The van der Waals surface area contributed by atoms with Gasteiger partial charge in [-0.15, -0.1) is 0 Å². The molecule has 0 aliphatic carbocycles. The lowest BCUT2D eigenvalue weighted by molar-refractivity contribution is 0.239. The summed E-state index contributed by atoms with van der Waals surface area (Å²) in [5.41, 5.74) is 6.73. The van der Waals surface area contributed by atoms with Gasteiger partial charge in [-0.05, 0) is 19.1 Å². The van der Waals surface area contributed by atoms with Gasteiger partial charge >= 0.3 is 0 Å². The Hall–Kier alpha value is -1.79. The van der Waals surface area contributed by atoms with E-state index in [2.05, 4.69) is 32.8 Å². The predicted octanol–water partition coefficient (Wildman–Crippen LogP) is 1.43. The predicted molar refractivity (Wildman–Crippen MR) is 89.6 cm³/mol. The van der Waals surface area contributed by atoms with Crippen LogP contribution >= 0.6 is 12.2 Å². The Morgan fingerprint density at radius 1 is 1.19 bits per heavy atom. The van der Waals surface area contributed by atoms with Crippen molar-refractivity contribution < 1.29 is 0 Å². The molecule has 1 aromatic heterocycles. The van der Waals surface area contributed by atoms with Gasteiger partial charge < -0.3 is 10.6 Å². The number of piperazine rings is 1. The molecule has 1 aromatic carbocycles. The standard InChI is InChI=1S/C15H19N5S/c1-11(14(16)21)19-6-8-20(9-7-19)15-12-4-2-3-5-13(12)17-10-18-15/h2-5,10-11H,6-9H2,1H3,(H2,16,21). The monoisotopic (exact) mass is 301 g/mol. The zero-order chi connectivity index (χ0) is 14.8. The summed E-state index contributed by atoms with van der Waals surface area (Å²) in [6.45, 7) is 5.80. The zero-order valence-corrected chi connectivity index (χ0v) is 12.9. The van der Waals surface area contributed by atoms with Crippen molar-refractivity contribution in [1.29, 1.82) is 0 Å². The van der Waals surface area contributed by atoms with Gasteiger partial charge in [0.2, 0.25) is 0 Å². The fourth-order valence-electron chi connectivity index (χ4n) is 2.74. The molecule has 0 bridgehead atoms. The molecule has 2 heterocycles. The van der Waals surface area contributed by atoms with E-state index < -0.39 is 0 Å². The molecule has 5 nitrogen and oxygen atoms in total. The molecule has 0 saturated carbocycles. The van der Waals surface area contributed by atoms with Crippen molar-refractivity contribution in [3.8, 4) is 0 Å². The summed E-state index contributed by atoms with van der Waals surface area (Å²) < 4.78 is 0. The van der Waals surface area contributed by atoms with E-state index in [0.717, 1.165) is 42.9 Å². The molecular weight excluding hydrogens is 282 g/mol. The minimum Gasteiger partial charge on any atom is -0.392 e. The molecule has 0 spiro atoms. The van der Waals surface area contributed by atoms with Crippen LogP contribution in [0.1, 0.15) is 6.92 Å². The maximum Gasteiger partial charge on any atom is 0.139 e. The highest BCUT2D eigenvalue weighted by Crippen LogP contribution is 2.23. The lowest BCUT2D eigenvalue weighted by atomic mass is 10.2. The van der Waals surface area contributed by atoms with E-state index >= 15 is 0 Å². The quantitative estimate of drug-likeness (QED) is 0.866. The van der Waals surface area contributed by atoms with E-state index in [4.69, 9.17) is 18.0 Å². The third kappa shape index (κ3) is 2.82. The molecule has 0 radical (unpaired) electrons. The number of hydrogen-bond acceptors (Lipinski definition) is 5. The van der Waals surface area contributed by atoms with E-state index in [1.54, 1.807) is 6.33 Å². The minimum atomic E-state index is 0.157. The molecule has 0 amide bonds. The molecule has 1 unspecified atom stereocenters. The zero-order valence-electron chi connectivity index (χ0n) is 12.1. The first kappa shape index (κ1) is 14.2. The average molecular weight is 301 g/mol. The summed E-state index contributed by atoms with van der Waals surface area (Å²) in [5, 5.41) is 1.11. The highest BCUT2D eigenvalue weighted by Gasteiger charge is 2.23. The van der Waals surface area contributed by atoms with Crippen LogP contribution in [-0.4, -0.2) is 52.1 Å². The highest BCUT2D eigenvalue weighted by molar-refractivity contribution is 7.80. The smallest absolute Gasteiger partial charge is 0.139 e. The van der Waals surface area contributed by atoms with Crippen LogP contribution in [0, 0.1) is 0 Å². The van der Waals surface area contributed by atoms with Crippen LogP contribution in [0.25, 0.3) is 10.9 Å². The van der Waals surface area contributed by atoms with E-state index in [-0.39, 0.29) is 6.04 Å². The fraction of sp³-hybridized carbons (Fsp3) is 0.400. The molecule has 1 aliphatic rings. The SMILES string of the molecule is CC(C(N)=S)N1CCN(c2ncnc3ccccc23)CC1. The van der Waals surface area contributed by atoms with Gasteiger partial charge in [-0.1, -0.05) is 24.4 Å². The number of benzene rings is 1. The molecule has 2 N–H and O–H groups in total. The third-order valence-electron chi connectivity index (χ3n) is 4.10. The first-order chi connectivity index (χ1) is 10.2. The Balaban J connectivity index is 1.79. The molecule has 1 saturated heterocycles. The largest absolute Gasteiger partial charge is 0.392 e. The maximum absolute atomic E-state index is 5.74. The molecule has 1 atom stereocenters. The first-order valence-electron chi connectivity index (χ1n) is 7.15. The van der Waals surface area contributed by atoms with Crippen molar-refractivity contribution in [3.05, 3.63) is 30.6 Å². The van der Waals surface area contributed by atoms with Crippen LogP contribution in [0.2, 0.25) is 0 Å². The second-order valence-corrected chi connectivity index (χ2v) is 5.79. The van der Waals surface area contributed by atoms with Gasteiger partial charge in [0.15, 0.2) is 0 Å². The Morgan fingerprint density at radius 3 is 2.62 bits per heavy atom. The van der Waals surface area contributed by atoms with E-state index in [9.17, 15) is 0 Å². The number of fused-ring (bicyclic) bond motifs is 1. The molecule has 6 heteroatoms.